The topological polar surface area (TPSA) is 49.6 Å². The average Bonchev–Trinajstić information content (AvgIpc) is 3.13. The lowest BCUT2D eigenvalue weighted by Gasteiger charge is -2.36. The summed E-state index contributed by atoms with van der Waals surface area (Å²) >= 11 is 0. The Morgan fingerprint density at radius 3 is 2.48 bits per heavy atom. The Hall–Kier alpha value is -3.08. The highest BCUT2D eigenvalue weighted by Crippen LogP contribution is 2.23. The van der Waals surface area contributed by atoms with Crippen LogP contribution in [0.25, 0.3) is 11.5 Å². The van der Waals surface area contributed by atoms with Crippen LogP contribution in [-0.4, -0.2) is 42.0 Å². The first-order chi connectivity index (χ1) is 14.1. The fourth-order valence-corrected chi connectivity index (χ4v) is 3.79. The van der Waals surface area contributed by atoms with Gasteiger partial charge in [-0.3, -0.25) is 4.79 Å². The van der Waals surface area contributed by atoms with Crippen LogP contribution in [0.5, 0.6) is 0 Å². The molecular formula is C24H27N3O2. The largest absolute Gasteiger partial charge is 0.441 e. The van der Waals surface area contributed by atoms with E-state index in [1.165, 1.54) is 11.3 Å². The quantitative estimate of drug-likeness (QED) is 0.655. The first-order valence-corrected chi connectivity index (χ1v) is 10.2. The van der Waals surface area contributed by atoms with E-state index in [9.17, 15) is 4.79 Å². The van der Waals surface area contributed by atoms with Crippen LogP contribution in [0.3, 0.4) is 0 Å². The molecule has 5 heteroatoms. The molecular weight excluding hydrogens is 362 g/mol. The number of benzene rings is 2. The minimum absolute atomic E-state index is 0.192. The van der Waals surface area contributed by atoms with Crippen molar-refractivity contribution in [2.75, 3.05) is 31.1 Å². The van der Waals surface area contributed by atoms with Crippen LogP contribution in [0.15, 0.2) is 59.0 Å². The molecule has 1 aliphatic rings. The zero-order valence-corrected chi connectivity index (χ0v) is 17.1. The summed E-state index contributed by atoms with van der Waals surface area (Å²) in [5, 5.41) is 0. The van der Waals surface area contributed by atoms with E-state index in [1.54, 1.807) is 0 Å². The first-order valence-electron chi connectivity index (χ1n) is 10.2. The van der Waals surface area contributed by atoms with E-state index < -0.39 is 0 Å². The molecule has 1 amide bonds. The molecule has 1 aromatic heterocycles. The number of carbonyl (C=O) groups is 1. The normalized spacial score (nSPS) is 14.3. The summed E-state index contributed by atoms with van der Waals surface area (Å²) in [7, 11) is 0. The third kappa shape index (κ3) is 4.50. The van der Waals surface area contributed by atoms with Crippen LogP contribution in [0.2, 0.25) is 0 Å². The highest BCUT2D eigenvalue weighted by Gasteiger charge is 2.22. The van der Waals surface area contributed by atoms with Gasteiger partial charge in [0.1, 0.15) is 5.76 Å². The van der Waals surface area contributed by atoms with Crippen molar-refractivity contribution in [3.8, 4) is 11.5 Å². The molecule has 0 radical (unpaired) electrons. The molecule has 2 heterocycles. The first kappa shape index (κ1) is 19.2. The molecule has 1 saturated heterocycles. The van der Waals surface area contributed by atoms with E-state index >= 15 is 0 Å². The van der Waals surface area contributed by atoms with E-state index in [0.29, 0.717) is 18.7 Å². The molecule has 2 aromatic carbocycles. The number of hydrogen-bond donors (Lipinski definition) is 0. The molecule has 0 aliphatic carbocycles. The maximum atomic E-state index is 12.7. The number of amides is 1. The van der Waals surface area contributed by atoms with Gasteiger partial charge in [-0.2, -0.15) is 0 Å². The molecule has 1 aliphatic heterocycles. The van der Waals surface area contributed by atoms with E-state index in [-0.39, 0.29) is 5.91 Å². The summed E-state index contributed by atoms with van der Waals surface area (Å²) in [6, 6.07) is 18.4. The van der Waals surface area contributed by atoms with Gasteiger partial charge in [0.15, 0.2) is 0 Å². The molecule has 29 heavy (non-hydrogen) atoms. The van der Waals surface area contributed by atoms with Crippen molar-refractivity contribution in [3.05, 3.63) is 71.6 Å². The van der Waals surface area contributed by atoms with Gasteiger partial charge in [0.05, 0.1) is 5.69 Å². The van der Waals surface area contributed by atoms with Crippen molar-refractivity contribution >= 4 is 11.6 Å². The number of anilines is 1. The van der Waals surface area contributed by atoms with Crippen LogP contribution >= 0.6 is 0 Å². The summed E-state index contributed by atoms with van der Waals surface area (Å²) in [5.74, 6) is 1.61. The average molecular weight is 389 g/mol. The second kappa shape index (κ2) is 8.52. The van der Waals surface area contributed by atoms with Crippen LogP contribution in [0.1, 0.15) is 23.4 Å². The lowest BCUT2D eigenvalue weighted by atomic mass is 10.1. The molecule has 0 atom stereocenters. The fraction of sp³-hybridized carbons (Fsp3) is 0.333. The second-order valence-electron chi connectivity index (χ2n) is 7.59. The van der Waals surface area contributed by atoms with Gasteiger partial charge < -0.3 is 14.2 Å². The Morgan fingerprint density at radius 1 is 1.00 bits per heavy atom. The number of piperazine rings is 1. The minimum Gasteiger partial charge on any atom is -0.441 e. The number of hydrogen-bond acceptors (Lipinski definition) is 4. The molecule has 0 spiro atoms. The van der Waals surface area contributed by atoms with E-state index in [2.05, 4.69) is 41.1 Å². The van der Waals surface area contributed by atoms with Crippen molar-refractivity contribution in [2.24, 2.45) is 0 Å². The highest BCUT2D eigenvalue weighted by molar-refractivity contribution is 5.76. The van der Waals surface area contributed by atoms with Crippen LogP contribution in [0, 0.1) is 13.8 Å². The van der Waals surface area contributed by atoms with Crippen LogP contribution in [-0.2, 0) is 11.2 Å². The van der Waals surface area contributed by atoms with Crippen LogP contribution in [0.4, 0.5) is 5.69 Å². The predicted octanol–water partition coefficient (Wildman–Crippen LogP) is 4.24. The summed E-state index contributed by atoms with van der Waals surface area (Å²) in [6.07, 6.45) is 1.07. The summed E-state index contributed by atoms with van der Waals surface area (Å²) < 4.78 is 5.81. The molecule has 3 aromatic rings. The van der Waals surface area contributed by atoms with Gasteiger partial charge in [-0.25, -0.2) is 4.98 Å². The molecule has 150 valence electrons. The van der Waals surface area contributed by atoms with E-state index in [1.807, 2.05) is 42.2 Å². The Kier molecular flexibility index (Phi) is 5.65. The zero-order valence-electron chi connectivity index (χ0n) is 17.1. The highest BCUT2D eigenvalue weighted by atomic mass is 16.4. The number of aryl methyl sites for hydroxylation is 3. The van der Waals surface area contributed by atoms with Crippen molar-refractivity contribution in [2.45, 2.75) is 26.7 Å². The van der Waals surface area contributed by atoms with Gasteiger partial charge in [0, 0.05) is 50.3 Å². The monoisotopic (exact) mass is 389 g/mol. The van der Waals surface area contributed by atoms with E-state index in [4.69, 9.17) is 4.42 Å². The molecule has 5 nitrogen and oxygen atoms in total. The van der Waals surface area contributed by atoms with Gasteiger partial charge in [-0.05, 0) is 43.7 Å². The Labute approximate surface area is 172 Å². The maximum Gasteiger partial charge on any atom is 0.226 e. The number of nitrogens with zero attached hydrogens (tertiary/aromatic N) is 3. The number of oxazole rings is 1. The van der Waals surface area contributed by atoms with Crippen molar-refractivity contribution in [1.29, 1.82) is 0 Å². The SMILES string of the molecule is Cc1cccc(N2CCN(C(=O)CCc3nc(-c4ccccc4)oc3C)CC2)c1. The maximum absolute atomic E-state index is 12.7. The fourth-order valence-electron chi connectivity index (χ4n) is 3.79. The van der Waals surface area contributed by atoms with Gasteiger partial charge in [0.2, 0.25) is 11.8 Å². The lowest BCUT2D eigenvalue weighted by Crippen LogP contribution is -2.48. The zero-order chi connectivity index (χ0) is 20.2. The van der Waals surface area contributed by atoms with Crippen molar-refractivity contribution in [3.63, 3.8) is 0 Å². The number of aromatic nitrogens is 1. The Morgan fingerprint density at radius 2 is 1.76 bits per heavy atom. The molecule has 0 bridgehead atoms. The van der Waals surface area contributed by atoms with Crippen molar-refractivity contribution < 1.29 is 9.21 Å². The minimum atomic E-state index is 0.192. The van der Waals surface area contributed by atoms with Gasteiger partial charge in [0.25, 0.3) is 0 Å². The molecule has 0 unspecified atom stereocenters. The predicted molar refractivity (Wildman–Crippen MR) is 115 cm³/mol. The standard InChI is InChI=1S/C24H27N3O2/c1-18-7-6-10-21(17-18)26-13-15-27(16-14-26)23(28)12-11-22-19(2)29-24(25-22)20-8-4-3-5-9-20/h3-10,17H,11-16H2,1-2H3. The Bertz CT molecular complexity index is 973. The van der Waals surface area contributed by atoms with Gasteiger partial charge in [-0.15, -0.1) is 0 Å². The van der Waals surface area contributed by atoms with Crippen LogP contribution < -0.4 is 4.90 Å². The van der Waals surface area contributed by atoms with E-state index in [0.717, 1.165) is 43.2 Å². The van der Waals surface area contributed by atoms with Crippen molar-refractivity contribution in [1.82, 2.24) is 9.88 Å². The Balaban J connectivity index is 1.31. The van der Waals surface area contributed by atoms with Gasteiger partial charge >= 0.3 is 0 Å². The third-order valence-corrected chi connectivity index (χ3v) is 5.49. The molecule has 0 N–H and O–H groups in total. The lowest BCUT2D eigenvalue weighted by molar-refractivity contribution is -0.131. The summed E-state index contributed by atoms with van der Waals surface area (Å²) in [4.78, 5) is 21.6. The smallest absolute Gasteiger partial charge is 0.226 e. The molecule has 0 saturated carbocycles. The molecule has 4 rings (SSSR count). The molecule has 1 fully saturated rings. The number of carbonyl (C=O) groups excluding carboxylic acids is 1. The second-order valence-corrected chi connectivity index (χ2v) is 7.59. The van der Waals surface area contributed by atoms with Gasteiger partial charge in [-0.1, -0.05) is 30.3 Å². The number of rotatable bonds is 5. The summed E-state index contributed by atoms with van der Waals surface area (Å²) in [5.41, 5.74) is 4.33. The summed E-state index contributed by atoms with van der Waals surface area (Å²) in [6.45, 7) is 7.30. The third-order valence-electron chi connectivity index (χ3n) is 5.49.